The largest absolute Gasteiger partial charge is 0.385 e. The molecule has 0 unspecified atom stereocenters. The Bertz CT molecular complexity index is 943. The first-order valence-corrected chi connectivity index (χ1v) is 10.0. The molecule has 0 spiro atoms. The molecular formula is C23H25N4O. The number of rotatable bonds is 4. The summed E-state index contributed by atoms with van der Waals surface area (Å²) in [6, 6.07) is 15.3. The lowest BCUT2D eigenvalue weighted by atomic mass is 9.90. The number of hydrogen-bond acceptors (Lipinski definition) is 4. The molecule has 0 aromatic heterocycles. The monoisotopic (exact) mass is 373 g/mol. The summed E-state index contributed by atoms with van der Waals surface area (Å²) in [7, 11) is 0. The molecule has 5 heteroatoms. The van der Waals surface area contributed by atoms with E-state index in [1.807, 2.05) is 24.9 Å². The van der Waals surface area contributed by atoms with Crippen LogP contribution in [0.3, 0.4) is 0 Å². The van der Waals surface area contributed by atoms with Gasteiger partial charge in [0.05, 0.1) is 11.4 Å². The molecule has 5 rings (SSSR count). The zero-order valence-electron chi connectivity index (χ0n) is 15.8. The summed E-state index contributed by atoms with van der Waals surface area (Å²) in [5, 5.41) is 7.07. The molecule has 0 atom stereocenters. The Hall–Kier alpha value is -2.95. The number of nitrogens with one attached hydrogen (secondary N) is 2. The number of hydrogen-bond donors (Lipinski definition) is 3. The molecule has 2 aromatic carbocycles. The highest BCUT2D eigenvalue weighted by atomic mass is 16.1. The number of fused-ring (bicyclic) bond motifs is 2. The number of nitrogens with two attached hydrogens (primary N) is 1. The number of primary amides is 1. The quantitative estimate of drug-likeness (QED) is 0.765. The van der Waals surface area contributed by atoms with Gasteiger partial charge in [-0.25, -0.2) is 0 Å². The number of carbonyl (C=O) groups excluding carboxylic acids is 1. The van der Waals surface area contributed by atoms with Gasteiger partial charge in [-0.05, 0) is 61.1 Å². The van der Waals surface area contributed by atoms with Gasteiger partial charge in [0, 0.05) is 29.8 Å². The summed E-state index contributed by atoms with van der Waals surface area (Å²) >= 11 is 0. The zero-order valence-corrected chi connectivity index (χ0v) is 15.8. The fraction of sp³-hybridized carbons (Fsp3) is 0.304. The average molecular weight is 373 g/mol. The lowest BCUT2D eigenvalue weighted by molar-refractivity contribution is 0.100. The van der Waals surface area contributed by atoms with E-state index in [0.717, 1.165) is 43.5 Å². The molecule has 1 fully saturated rings. The first-order valence-electron chi connectivity index (χ1n) is 10.0. The maximum atomic E-state index is 11.4. The number of benzene rings is 2. The molecule has 1 saturated carbocycles. The van der Waals surface area contributed by atoms with Crippen molar-refractivity contribution in [2.24, 2.45) is 5.73 Å². The number of nitrogens with zero attached hydrogens (tertiary/aromatic N) is 1. The average Bonchev–Trinajstić information content (AvgIpc) is 3.31. The van der Waals surface area contributed by atoms with Crippen molar-refractivity contribution in [1.82, 2.24) is 5.32 Å². The molecule has 143 valence electrons. The van der Waals surface area contributed by atoms with Crippen LogP contribution in [0.4, 0.5) is 11.4 Å². The number of anilines is 2. The van der Waals surface area contributed by atoms with Crippen LogP contribution in [0.2, 0.25) is 0 Å². The van der Waals surface area contributed by atoms with E-state index in [0.29, 0.717) is 17.6 Å². The Kier molecular flexibility index (Phi) is 4.23. The molecule has 3 aliphatic rings. The van der Waals surface area contributed by atoms with Gasteiger partial charge < -0.3 is 21.3 Å². The van der Waals surface area contributed by atoms with Crippen molar-refractivity contribution in [2.45, 2.75) is 44.2 Å². The maximum Gasteiger partial charge on any atom is 0.248 e. The normalized spacial score (nSPS) is 22.9. The number of amides is 1. The molecule has 2 aliphatic carbocycles. The molecule has 2 aromatic rings. The Balaban J connectivity index is 1.19. The highest BCUT2D eigenvalue weighted by molar-refractivity contribution is 5.96. The highest BCUT2D eigenvalue weighted by Gasteiger charge is 2.31. The smallest absolute Gasteiger partial charge is 0.248 e. The van der Waals surface area contributed by atoms with Gasteiger partial charge in [0.2, 0.25) is 5.91 Å². The second-order valence-electron chi connectivity index (χ2n) is 7.97. The van der Waals surface area contributed by atoms with Crippen molar-refractivity contribution in [1.29, 1.82) is 0 Å². The topological polar surface area (TPSA) is 70.4 Å². The van der Waals surface area contributed by atoms with Crippen LogP contribution in [0, 0.1) is 6.67 Å². The third-order valence-electron chi connectivity index (χ3n) is 6.16. The van der Waals surface area contributed by atoms with E-state index in [1.165, 1.54) is 16.8 Å². The molecule has 1 radical (unpaired) electrons. The number of carbonyl (C=O) groups is 1. The van der Waals surface area contributed by atoms with Gasteiger partial charge in [-0.15, -0.1) is 0 Å². The minimum Gasteiger partial charge on any atom is -0.385 e. The Morgan fingerprint density at radius 3 is 2.71 bits per heavy atom. The number of allylic oxidation sites excluding steroid dienone is 1. The summed E-state index contributed by atoms with van der Waals surface area (Å²) in [4.78, 5) is 13.7. The first-order chi connectivity index (χ1) is 13.7. The van der Waals surface area contributed by atoms with Gasteiger partial charge in [-0.3, -0.25) is 4.79 Å². The third-order valence-corrected chi connectivity index (χ3v) is 6.16. The van der Waals surface area contributed by atoms with Crippen molar-refractivity contribution < 1.29 is 4.79 Å². The van der Waals surface area contributed by atoms with Crippen molar-refractivity contribution in [2.75, 3.05) is 10.2 Å². The van der Waals surface area contributed by atoms with Crippen LogP contribution in [0.25, 0.3) is 6.08 Å². The van der Waals surface area contributed by atoms with E-state index in [1.54, 1.807) is 0 Å². The van der Waals surface area contributed by atoms with Crippen LogP contribution in [-0.2, 0) is 6.42 Å². The van der Waals surface area contributed by atoms with Crippen LogP contribution in [0.15, 0.2) is 48.2 Å². The van der Waals surface area contributed by atoms with Crippen molar-refractivity contribution >= 4 is 23.4 Å². The molecule has 0 saturated heterocycles. The minimum atomic E-state index is -0.391. The molecular weight excluding hydrogens is 348 g/mol. The molecule has 5 nitrogen and oxygen atoms in total. The van der Waals surface area contributed by atoms with Gasteiger partial charge in [0.25, 0.3) is 0 Å². The second kappa shape index (κ2) is 6.89. The van der Waals surface area contributed by atoms with E-state index in [4.69, 9.17) is 5.73 Å². The summed E-state index contributed by atoms with van der Waals surface area (Å²) in [5.41, 5.74) is 12.2. The lowest BCUT2D eigenvalue weighted by Crippen LogP contribution is -2.40. The maximum absolute atomic E-state index is 11.4. The van der Waals surface area contributed by atoms with E-state index in [-0.39, 0.29) is 0 Å². The zero-order chi connectivity index (χ0) is 19.1. The van der Waals surface area contributed by atoms with Gasteiger partial charge in [0.15, 0.2) is 0 Å². The van der Waals surface area contributed by atoms with Crippen LogP contribution in [0.5, 0.6) is 0 Å². The van der Waals surface area contributed by atoms with E-state index < -0.39 is 5.91 Å². The second-order valence-corrected chi connectivity index (χ2v) is 7.97. The van der Waals surface area contributed by atoms with Crippen molar-refractivity contribution in [3.8, 4) is 0 Å². The van der Waals surface area contributed by atoms with Crippen LogP contribution in [-0.4, -0.2) is 18.0 Å². The van der Waals surface area contributed by atoms with E-state index in [9.17, 15) is 4.79 Å². The lowest BCUT2D eigenvalue weighted by Gasteiger charge is -2.36. The van der Waals surface area contributed by atoms with Crippen LogP contribution >= 0.6 is 0 Å². The predicted molar refractivity (Wildman–Crippen MR) is 113 cm³/mol. The summed E-state index contributed by atoms with van der Waals surface area (Å²) in [5.74, 6) is -0.391. The van der Waals surface area contributed by atoms with Crippen molar-refractivity contribution in [3.05, 3.63) is 71.5 Å². The molecule has 0 bridgehead atoms. The van der Waals surface area contributed by atoms with Gasteiger partial charge in [-0.1, -0.05) is 24.3 Å². The predicted octanol–water partition coefficient (Wildman–Crippen LogP) is 3.63. The Morgan fingerprint density at radius 2 is 1.93 bits per heavy atom. The highest BCUT2D eigenvalue weighted by Crippen LogP contribution is 2.38. The standard InChI is InChI=1S/C23H25N4O/c24-23(28)17-5-10-22-21(13-17)25-14-27(22)20-8-6-18(7-9-20)26-19-11-15-3-1-2-4-16(15)12-19/h1-5,10-11,13-14,18,20,25-26H,6-9,12H2,(H2,24,28). The van der Waals surface area contributed by atoms with Crippen molar-refractivity contribution in [3.63, 3.8) is 0 Å². The molecule has 4 N–H and O–H groups in total. The molecule has 1 heterocycles. The SMILES string of the molecule is NC(=O)c1ccc2c(c1)N[CH]N2C1CCC(NC2=Cc3ccccc3C2)CC1. The van der Waals surface area contributed by atoms with Crippen LogP contribution < -0.4 is 21.3 Å². The van der Waals surface area contributed by atoms with Gasteiger partial charge >= 0.3 is 0 Å². The summed E-state index contributed by atoms with van der Waals surface area (Å²) in [6.07, 6.45) is 7.94. The third kappa shape index (κ3) is 3.11. The van der Waals surface area contributed by atoms with E-state index in [2.05, 4.69) is 45.9 Å². The van der Waals surface area contributed by atoms with E-state index >= 15 is 0 Å². The first kappa shape index (κ1) is 17.2. The molecule has 1 aliphatic heterocycles. The Labute approximate surface area is 165 Å². The molecule has 28 heavy (non-hydrogen) atoms. The Morgan fingerprint density at radius 1 is 1.11 bits per heavy atom. The fourth-order valence-electron chi connectivity index (χ4n) is 4.67. The molecule has 1 amide bonds. The van der Waals surface area contributed by atoms with Gasteiger partial charge in [-0.2, -0.15) is 0 Å². The van der Waals surface area contributed by atoms with Gasteiger partial charge in [0.1, 0.15) is 6.67 Å². The van der Waals surface area contributed by atoms with Crippen LogP contribution in [0.1, 0.15) is 47.2 Å². The fourth-order valence-corrected chi connectivity index (χ4v) is 4.67. The summed E-state index contributed by atoms with van der Waals surface area (Å²) in [6.45, 7) is 2.03. The minimum absolute atomic E-state index is 0.391. The summed E-state index contributed by atoms with van der Waals surface area (Å²) < 4.78 is 0.